The van der Waals surface area contributed by atoms with Crippen molar-refractivity contribution < 1.29 is 23.8 Å². The maximum atomic E-state index is 13.6. The van der Waals surface area contributed by atoms with Crippen molar-refractivity contribution >= 4 is 56.0 Å². The minimum atomic E-state index is -0.889. The lowest BCUT2D eigenvalue weighted by molar-refractivity contribution is -0.256. The van der Waals surface area contributed by atoms with Gasteiger partial charge in [0.1, 0.15) is 12.3 Å². The van der Waals surface area contributed by atoms with E-state index in [2.05, 4.69) is 76.1 Å². The van der Waals surface area contributed by atoms with E-state index in [1.165, 1.54) is 5.56 Å². The van der Waals surface area contributed by atoms with Crippen LogP contribution in [-0.4, -0.2) is 47.8 Å². The molecule has 1 fully saturated rings. The largest absolute Gasteiger partial charge is 0.439 e. The van der Waals surface area contributed by atoms with E-state index in [0.717, 1.165) is 50.0 Å². The summed E-state index contributed by atoms with van der Waals surface area (Å²) >= 11 is 0. The fourth-order valence-electron chi connectivity index (χ4n) is 8.23. The van der Waals surface area contributed by atoms with E-state index in [4.69, 9.17) is 14.2 Å². The molecule has 2 N–H and O–H groups in total. The number of hydrogen-bond acceptors (Lipinski definition) is 6. The van der Waals surface area contributed by atoms with Crippen LogP contribution in [0.3, 0.4) is 0 Å². The van der Waals surface area contributed by atoms with Gasteiger partial charge in [-0.2, -0.15) is 0 Å². The highest BCUT2D eigenvalue weighted by molar-refractivity contribution is 6.31. The van der Waals surface area contributed by atoms with Gasteiger partial charge in [-0.1, -0.05) is 73.7 Å². The number of aromatic nitrogens is 2. The smallest absolute Gasteiger partial charge is 0.295 e. The molecule has 46 heavy (non-hydrogen) atoms. The van der Waals surface area contributed by atoms with Crippen LogP contribution in [0.5, 0.6) is 0 Å². The second kappa shape index (κ2) is 10.7. The molecule has 9 nitrogen and oxygen atoms in total. The first-order valence-electron chi connectivity index (χ1n) is 15.8. The topological polar surface area (TPSA) is 95.8 Å². The zero-order valence-corrected chi connectivity index (χ0v) is 26.2. The summed E-state index contributed by atoms with van der Waals surface area (Å²) < 4.78 is 23.2. The van der Waals surface area contributed by atoms with Crippen molar-refractivity contribution in [1.29, 1.82) is 0 Å². The molecule has 9 heteroatoms. The summed E-state index contributed by atoms with van der Waals surface area (Å²) in [6, 6.07) is 26.7. The number of carbonyl (C=O) groups excluding carboxylic acids is 2. The van der Waals surface area contributed by atoms with Crippen molar-refractivity contribution in [3.05, 3.63) is 95.6 Å². The Morgan fingerprint density at radius 1 is 0.978 bits per heavy atom. The van der Waals surface area contributed by atoms with Gasteiger partial charge in [0.05, 0.1) is 27.6 Å². The summed E-state index contributed by atoms with van der Waals surface area (Å²) in [4.78, 5) is 25.2. The SMILES string of the molecule is CCc1ccccc1.CNC1CC2OC(C)(C1OC)n1c3ccccc3c3c4c(c5c6ccccc6n2c5c31)C(=O)NC4OC=O. The van der Waals surface area contributed by atoms with Crippen LogP contribution in [0.15, 0.2) is 78.9 Å². The van der Waals surface area contributed by atoms with E-state index >= 15 is 0 Å². The molecule has 3 aliphatic heterocycles. The normalized spacial score (nSPS) is 24.6. The van der Waals surface area contributed by atoms with Crippen LogP contribution in [-0.2, 0) is 31.2 Å². The Hall–Kier alpha value is -4.70. The molecule has 5 heterocycles. The van der Waals surface area contributed by atoms with E-state index in [9.17, 15) is 9.59 Å². The first-order valence-corrected chi connectivity index (χ1v) is 15.8. The Morgan fingerprint density at radius 2 is 1.65 bits per heavy atom. The predicted molar refractivity (Wildman–Crippen MR) is 178 cm³/mol. The van der Waals surface area contributed by atoms with Crippen LogP contribution in [0.2, 0.25) is 0 Å². The van der Waals surface area contributed by atoms with Crippen molar-refractivity contribution in [2.75, 3.05) is 14.2 Å². The quantitative estimate of drug-likeness (QED) is 0.222. The van der Waals surface area contributed by atoms with Crippen molar-refractivity contribution in [2.24, 2.45) is 0 Å². The van der Waals surface area contributed by atoms with Gasteiger partial charge in [0, 0.05) is 46.7 Å². The number of fused-ring (bicyclic) bond motifs is 13. The molecule has 3 aliphatic rings. The third-order valence-corrected chi connectivity index (χ3v) is 10.1. The van der Waals surface area contributed by atoms with E-state index in [1.54, 1.807) is 7.11 Å². The number of rotatable bonds is 5. The van der Waals surface area contributed by atoms with Crippen LogP contribution in [0.4, 0.5) is 0 Å². The summed E-state index contributed by atoms with van der Waals surface area (Å²) in [5.74, 6) is -0.254. The zero-order chi connectivity index (χ0) is 31.7. The number of aryl methyl sites for hydroxylation is 1. The van der Waals surface area contributed by atoms with Crippen LogP contribution in [0.25, 0.3) is 43.6 Å². The Balaban J connectivity index is 0.000000344. The molecule has 0 aliphatic carbocycles. The number of methoxy groups -OCH3 is 1. The Morgan fingerprint density at radius 3 is 2.30 bits per heavy atom. The first kappa shape index (κ1) is 28.8. The Labute approximate surface area is 266 Å². The van der Waals surface area contributed by atoms with Gasteiger partial charge in [-0.05, 0) is 38.1 Å². The van der Waals surface area contributed by atoms with Gasteiger partial charge >= 0.3 is 0 Å². The van der Waals surface area contributed by atoms with Gasteiger partial charge in [0.15, 0.2) is 5.72 Å². The van der Waals surface area contributed by atoms with Gasteiger partial charge in [0.2, 0.25) is 6.23 Å². The molecule has 1 amide bonds. The Kier molecular flexibility index (Phi) is 6.68. The second-order valence-corrected chi connectivity index (χ2v) is 12.3. The van der Waals surface area contributed by atoms with Gasteiger partial charge in [-0.15, -0.1) is 0 Å². The van der Waals surface area contributed by atoms with E-state index < -0.39 is 12.0 Å². The molecular formula is C37H36N4O5. The van der Waals surface area contributed by atoms with Gasteiger partial charge in [-0.3, -0.25) is 9.59 Å². The first-order chi connectivity index (χ1) is 22.5. The molecule has 0 radical (unpaired) electrons. The number of para-hydroxylation sites is 2. The minimum Gasteiger partial charge on any atom is -0.439 e. The molecule has 6 aromatic rings. The van der Waals surface area contributed by atoms with Crippen LogP contribution in [0.1, 0.15) is 54.2 Å². The zero-order valence-electron chi connectivity index (χ0n) is 26.2. The van der Waals surface area contributed by atoms with E-state index in [-0.39, 0.29) is 24.3 Å². The highest BCUT2D eigenvalue weighted by atomic mass is 16.6. The molecule has 0 saturated carbocycles. The van der Waals surface area contributed by atoms with Gasteiger partial charge in [0.25, 0.3) is 12.4 Å². The molecule has 1 saturated heterocycles. The average Bonchev–Trinajstić information content (AvgIpc) is 3.70. The van der Waals surface area contributed by atoms with Crippen LogP contribution >= 0.6 is 0 Å². The predicted octanol–water partition coefficient (Wildman–Crippen LogP) is 6.27. The molecule has 5 atom stereocenters. The van der Waals surface area contributed by atoms with Crippen molar-refractivity contribution in [1.82, 2.24) is 19.8 Å². The number of hydrogen-bond donors (Lipinski definition) is 2. The summed E-state index contributed by atoms with van der Waals surface area (Å²) in [6.07, 6.45) is 0.325. The highest BCUT2D eigenvalue weighted by Crippen LogP contribution is 2.54. The minimum absolute atomic E-state index is 0.00628. The average molecular weight is 617 g/mol. The Bertz CT molecular complexity index is 2170. The molecule has 9 rings (SSSR count). The lowest BCUT2D eigenvalue weighted by Gasteiger charge is -2.48. The third kappa shape index (κ3) is 3.79. The molecular weight excluding hydrogens is 580 g/mol. The van der Waals surface area contributed by atoms with E-state index in [0.29, 0.717) is 24.0 Å². The number of ether oxygens (including phenoxy) is 3. The highest BCUT2D eigenvalue weighted by Gasteiger charge is 2.53. The number of amides is 1. The monoisotopic (exact) mass is 616 g/mol. The molecule has 2 aromatic heterocycles. The molecule has 0 spiro atoms. The fourth-order valence-corrected chi connectivity index (χ4v) is 8.23. The number of likely N-dealkylation sites (N-methyl/N-ethyl adjacent to an activating group) is 1. The summed E-state index contributed by atoms with van der Waals surface area (Å²) in [7, 11) is 3.68. The number of nitrogens with zero attached hydrogens (tertiary/aromatic N) is 2. The molecule has 4 aromatic carbocycles. The maximum Gasteiger partial charge on any atom is 0.295 e. The number of benzene rings is 4. The van der Waals surface area contributed by atoms with Crippen LogP contribution in [0, 0.1) is 0 Å². The second-order valence-electron chi connectivity index (χ2n) is 12.3. The molecule has 2 bridgehead atoms. The summed E-state index contributed by atoms with van der Waals surface area (Å²) in [5.41, 5.74) is 5.59. The van der Waals surface area contributed by atoms with Gasteiger partial charge in [-0.25, -0.2) is 0 Å². The van der Waals surface area contributed by atoms with Crippen molar-refractivity contribution in [3.63, 3.8) is 0 Å². The van der Waals surface area contributed by atoms with Crippen molar-refractivity contribution in [2.45, 2.75) is 57.0 Å². The third-order valence-electron chi connectivity index (χ3n) is 10.1. The summed E-state index contributed by atoms with van der Waals surface area (Å²) in [6.45, 7) is 4.64. The lowest BCUT2D eigenvalue weighted by atomic mass is 9.93. The lowest BCUT2D eigenvalue weighted by Crippen LogP contribution is -2.59. The van der Waals surface area contributed by atoms with Crippen LogP contribution < -0.4 is 10.6 Å². The maximum absolute atomic E-state index is 13.6. The summed E-state index contributed by atoms with van der Waals surface area (Å²) in [5, 5.41) is 10.0. The molecule has 5 unspecified atom stereocenters. The standard InChI is InChI=1S/C29H26N4O5.C8H10/c1-29-26(36-3)16(30-2)12-19(38-29)32-17-10-6-4-8-14(17)20-22-23(28(37-13-34)31-27(22)35)21-15-9-5-7-11-18(15)33(29)25(21)24(20)32;1-2-8-6-4-3-5-7-8/h4-11,13,16,19,26,28,30H,12H2,1-3H3,(H,31,35);3-7H,2H2,1H3. The van der Waals surface area contributed by atoms with E-state index in [1.807, 2.05) is 43.4 Å². The van der Waals surface area contributed by atoms with Gasteiger partial charge < -0.3 is 34.0 Å². The number of carbonyl (C=O) groups is 2. The molecule has 234 valence electrons. The number of nitrogens with one attached hydrogen (secondary N) is 2. The van der Waals surface area contributed by atoms with Crippen molar-refractivity contribution in [3.8, 4) is 0 Å². The fraction of sp³-hybridized carbons (Fsp3) is 0.297.